The molecule has 0 radical (unpaired) electrons. The first-order chi connectivity index (χ1) is 19.4. The highest BCUT2D eigenvalue weighted by atomic mass is 28.4. The summed E-state index contributed by atoms with van der Waals surface area (Å²) in [4.78, 5) is 31.4. The van der Waals surface area contributed by atoms with E-state index in [1.54, 1.807) is 7.05 Å². The van der Waals surface area contributed by atoms with E-state index in [0.29, 0.717) is 23.4 Å². The van der Waals surface area contributed by atoms with Gasteiger partial charge in [0.2, 0.25) is 0 Å². The second-order valence-electron chi connectivity index (χ2n) is 16.3. The molecule has 9 heteroatoms. The van der Waals surface area contributed by atoms with Crippen molar-refractivity contribution >= 4 is 26.2 Å². The van der Waals surface area contributed by atoms with Crippen LogP contribution in [0.2, 0.25) is 18.1 Å². The van der Waals surface area contributed by atoms with Crippen LogP contribution < -0.4 is 0 Å². The van der Waals surface area contributed by atoms with Gasteiger partial charge in [0, 0.05) is 39.2 Å². The van der Waals surface area contributed by atoms with Gasteiger partial charge in [-0.15, -0.1) is 0 Å². The van der Waals surface area contributed by atoms with Gasteiger partial charge in [-0.05, 0) is 117 Å². The third-order valence-electron chi connectivity index (χ3n) is 13.1. The first-order valence-electron chi connectivity index (χ1n) is 16.5. The fourth-order valence-corrected chi connectivity index (χ4v) is 10.7. The van der Waals surface area contributed by atoms with Crippen LogP contribution in [0.15, 0.2) is 5.16 Å². The van der Waals surface area contributed by atoms with Crippen molar-refractivity contribution in [1.29, 1.82) is 0 Å². The van der Waals surface area contributed by atoms with E-state index in [1.807, 2.05) is 6.92 Å². The van der Waals surface area contributed by atoms with Crippen LogP contribution in [-0.4, -0.2) is 74.4 Å². The van der Waals surface area contributed by atoms with Gasteiger partial charge in [0.1, 0.15) is 0 Å². The maximum atomic E-state index is 12.5. The number of oxime groups is 1. The summed E-state index contributed by atoms with van der Waals surface area (Å²) < 4.78 is 6.95. The van der Waals surface area contributed by atoms with Crippen molar-refractivity contribution in [3.8, 4) is 0 Å². The third kappa shape index (κ3) is 6.29. The molecule has 4 aliphatic rings. The summed E-state index contributed by atoms with van der Waals surface area (Å²) in [6.07, 6.45) is 10.2. The van der Waals surface area contributed by atoms with Gasteiger partial charge in [-0.25, -0.2) is 9.59 Å². The van der Waals surface area contributed by atoms with Crippen molar-refractivity contribution in [2.45, 2.75) is 124 Å². The number of amides is 2. The summed E-state index contributed by atoms with van der Waals surface area (Å²) in [5, 5.41) is 13.6. The minimum absolute atomic E-state index is 0.198. The summed E-state index contributed by atoms with van der Waals surface area (Å²) in [5.41, 5.74) is 1.54. The highest BCUT2D eigenvalue weighted by Gasteiger charge is 2.61. The van der Waals surface area contributed by atoms with E-state index in [1.165, 1.54) is 63.3 Å². The van der Waals surface area contributed by atoms with Crippen LogP contribution in [-0.2, 0) is 9.26 Å². The van der Waals surface area contributed by atoms with Gasteiger partial charge < -0.3 is 19.3 Å². The van der Waals surface area contributed by atoms with E-state index in [-0.39, 0.29) is 23.5 Å². The molecule has 4 fully saturated rings. The zero-order valence-corrected chi connectivity index (χ0v) is 29.2. The minimum Gasteiger partial charge on any atom is -0.465 e. The van der Waals surface area contributed by atoms with Gasteiger partial charge in [0.05, 0.1) is 5.71 Å². The Labute approximate surface area is 256 Å². The van der Waals surface area contributed by atoms with Gasteiger partial charge >= 0.3 is 12.2 Å². The molecular weight excluding hydrogens is 546 g/mol. The third-order valence-corrected chi connectivity index (χ3v) is 17.6. The number of hydrogen-bond donors (Lipinski definition) is 1. The predicted octanol–water partition coefficient (Wildman–Crippen LogP) is 8.09. The number of nitrogens with zero attached hydrogens (tertiary/aromatic N) is 3. The van der Waals surface area contributed by atoms with Crippen LogP contribution in [0.3, 0.4) is 0 Å². The molecule has 0 aromatic heterocycles. The maximum absolute atomic E-state index is 12.5. The summed E-state index contributed by atoms with van der Waals surface area (Å²) in [6, 6.07) is 0. The molecule has 0 aliphatic heterocycles. The average Bonchev–Trinajstić information content (AvgIpc) is 3.26. The minimum atomic E-state index is -1.76. The van der Waals surface area contributed by atoms with E-state index >= 15 is 0 Å². The molecule has 0 aromatic carbocycles. The molecule has 1 N–H and O–H groups in total. The average molecular weight is 606 g/mol. The molecule has 2 amide bonds. The van der Waals surface area contributed by atoms with Crippen molar-refractivity contribution in [2.24, 2.45) is 45.6 Å². The molecule has 8 nitrogen and oxygen atoms in total. The molecule has 4 rings (SSSR count). The number of rotatable bonds is 7. The van der Waals surface area contributed by atoms with Crippen molar-refractivity contribution in [2.75, 3.05) is 27.2 Å². The lowest BCUT2D eigenvalue weighted by Gasteiger charge is -2.61. The van der Waals surface area contributed by atoms with Gasteiger partial charge in [0.15, 0.2) is 8.32 Å². The zero-order valence-electron chi connectivity index (χ0n) is 28.2. The van der Waals surface area contributed by atoms with Crippen molar-refractivity contribution in [1.82, 2.24) is 9.80 Å². The quantitative estimate of drug-likeness (QED) is 0.137. The summed E-state index contributed by atoms with van der Waals surface area (Å²) in [6.45, 7) is 19.5. The number of carbonyl (C=O) groups is 2. The van der Waals surface area contributed by atoms with Crippen LogP contribution >= 0.6 is 0 Å². The molecule has 0 saturated heterocycles. The highest BCUT2D eigenvalue weighted by Crippen LogP contribution is 2.67. The largest absolute Gasteiger partial charge is 0.465 e. The molecule has 42 heavy (non-hydrogen) atoms. The topological polar surface area (TPSA) is 91.7 Å². The number of likely N-dealkylation sites (N-methyl/N-ethyl adjacent to an activating group) is 2. The van der Waals surface area contributed by atoms with Gasteiger partial charge in [-0.2, -0.15) is 0 Å². The Morgan fingerprint density at radius 2 is 1.55 bits per heavy atom. The van der Waals surface area contributed by atoms with Crippen molar-refractivity contribution in [3.05, 3.63) is 0 Å². The van der Waals surface area contributed by atoms with Gasteiger partial charge in [-0.1, -0.05) is 39.8 Å². The van der Waals surface area contributed by atoms with E-state index in [4.69, 9.17) is 14.4 Å². The molecule has 0 spiro atoms. The smallest absolute Gasteiger partial charge is 0.435 e. The summed E-state index contributed by atoms with van der Waals surface area (Å²) in [5.74, 6) is 3.39. The van der Waals surface area contributed by atoms with Gasteiger partial charge in [-0.3, -0.25) is 4.84 Å². The standard InChI is InChI=1S/C33H59N3O5Si/c1-22(34-40-30(39)36(8)20-19-35(7)29(37)38)26-13-14-27-25-12-11-23-21-24(41-42(9,10)31(2,3)4)15-17-32(23,5)28(25)16-18-33(26,27)6/h23-28H,11-21H2,1-10H3,(H,37,38)/t23?,24-,25+,26-,27+,28+,32+,33-/m1/s1. The van der Waals surface area contributed by atoms with Crippen molar-refractivity contribution < 1.29 is 24.0 Å². The molecule has 240 valence electrons. The lowest BCUT2D eigenvalue weighted by atomic mass is 9.44. The predicted molar refractivity (Wildman–Crippen MR) is 170 cm³/mol. The van der Waals surface area contributed by atoms with E-state index < -0.39 is 20.5 Å². The molecule has 4 aliphatic carbocycles. The van der Waals surface area contributed by atoms with Gasteiger partial charge in [0.25, 0.3) is 0 Å². The number of carbonyl (C=O) groups excluding carboxylic acids is 1. The normalized spacial score (nSPS) is 36.9. The number of carboxylic acid groups (broad SMARTS) is 1. The van der Waals surface area contributed by atoms with E-state index in [9.17, 15) is 9.59 Å². The lowest BCUT2D eigenvalue weighted by molar-refractivity contribution is -0.122. The maximum Gasteiger partial charge on any atom is 0.435 e. The first-order valence-corrected chi connectivity index (χ1v) is 19.4. The molecular formula is C33H59N3O5Si. The molecule has 0 aromatic rings. The fourth-order valence-electron chi connectivity index (χ4n) is 9.34. The summed E-state index contributed by atoms with van der Waals surface area (Å²) in [7, 11) is 1.34. The molecule has 1 unspecified atom stereocenters. The SMILES string of the molecule is CC(=NOC(=O)N(C)CCN(C)C(=O)O)[C@H]1CC[C@H]2[C@@H]3CCC4C[C@H](O[Si](C)(C)C(C)(C)C)CC[C@]4(C)[C@H]3CC[C@]12C. The zero-order chi connectivity index (χ0) is 31.3. The van der Waals surface area contributed by atoms with Crippen LogP contribution in [0.4, 0.5) is 9.59 Å². The monoisotopic (exact) mass is 605 g/mol. The van der Waals surface area contributed by atoms with Crippen molar-refractivity contribution in [3.63, 3.8) is 0 Å². The summed E-state index contributed by atoms with van der Waals surface area (Å²) >= 11 is 0. The Morgan fingerprint density at radius 3 is 2.19 bits per heavy atom. The van der Waals surface area contributed by atoms with Crippen LogP contribution in [0, 0.1) is 40.4 Å². The molecule has 0 bridgehead atoms. The second kappa shape index (κ2) is 12.1. The molecule has 0 heterocycles. The van der Waals surface area contributed by atoms with E-state index in [0.717, 1.165) is 34.8 Å². The van der Waals surface area contributed by atoms with Crippen LogP contribution in [0.5, 0.6) is 0 Å². The Kier molecular flexibility index (Phi) is 9.55. The first kappa shape index (κ1) is 33.3. The van der Waals surface area contributed by atoms with Crippen LogP contribution in [0.1, 0.15) is 99.3 Å². The Hall–Kier alpha value is -1.61. The molecule has 4 saturated carbocycles. The molecule has 8 atom stereocenters. The Bertz CT molecular complexity index is 1040. The Morgan fingerprint density at radius 1 is 0.929 bits per heavy atom. The lowest BCUT2D eigenvalue weighted by Crippen LogP contribution is -2.55. The van der Waals surface area contributed by atoms with E-state index in [2.05, 4.69) is 52.9 Å². The number of fused-ring (bicyclic) bond motifs is 5. The highest BCUT2D eigenvalue weighted by molar-refractivity contribution is 6.74. The Balaban J connectivity index is 1.38. The van der Waals surface area contributed by atoms with Crippen LogP contribution in [0.25, 0.3) is 0 Å². The fraction of sp³-hybridized carbons (Fsp3) is 0.909. The second-order valence-corrected chi connectivity index (χ2v) is 21.1. The number of hydrogen-bond acceptors (Lipinski definition) is 5.